The minimum atomic E-state index is -0.497. The van der Waals surface area contributed by atoms with Crippen molar-refractivity contribution in [3.63, 3.8) is 0 Å². The summed E-state index contributed by atoms with van der Waals surface area (Å²) >= 11 is 0. The van der Waals surface area contributed by atoms with Gasteiger partial charge in [0.15, 0.2) is 0 Å². The molecule has 0 saturated carbocycles. The number of benzene rings is 1. The lowest BCUT2D eigenvalue weighted by Crippen LogP contribution is -2.47. The van der Waals surface area contributed by atoms with E-state index in [0.29, 0.717) is 31.6 Å². The molecule has 0 radical (unpaired) electrons. The fraction of sp³-hybridized carbons (Fsp3) is 0.450. The molecule has 142 valence electrons. The molecule has 0 atom stereocenters. The molecule has 6 nitrogen and oxygen atoms in total. The number of rotatable bonds is 3. The molecule has 1 fully saturated rings. The van der Waals surface area contributed by atoms with Gasteiger partial charge in [-0.25, -0.2) is 9.37 Å². The molecule has 3 heterocycles. The zero-order chi connectivity index (χ0) is 18.8. The molecular formula is C20H23FN4O2. The van der Waals surface area contributed by atoms with Gasteiger partial charge in [-0.05, 0) is 37.8 Å². The molecule has 4 rings (SSSR count). The zero-order valence-corrected chi connectivity index (χ0v) is 15.2. The summed E-state index contributed by atoms with van der Waals surface area (Å²) in [6.45, 7) is 1.85. The monoisotopic (exact) mass is 370 g/mol. The second kappa shape index (κ2) is 7.50. The predicted octanol–water partition coefficient (Wildman–Crippen LogP) is 2.39. The zero-order valence-electron chi connectivity index (χ0n) is 15.2. The summed E-state index contributed by atoms with van der Waals surface area (Å²) in [6.07, 6.45) is 6.09. The smallest absolute Gasteiger partial charge is 0.269 e. The van der Waals surface area contributed by atoms with E-state index in [0.717, 1.165) is 31.6 Å². The number of nitrogens with zero attached hydrogens (tertiary/aromatic N) is 3. The highest BCUT2D eigenvalue weighted by molar-refractivity contribution is 5.95. The first-order chi connectivity index (χ1) is 13.1. The molecule has 0 spiro atoms. The first-order valence-corrected chi connectivity index (χ1v) is 9.52. The van der Waals surface area contributed by atoms with E-state index >= 15 is 0 Å². The van der Waals surface area contributed by atoms with Gasteiger partial charge in [0.2, 0.25) is 0 Å². The number of nitrogens with one attached hydrogen (secondary N) is 1. The first kappa shape index (κ1) is 17.7. The molecule has 1 saturated heterocycles. The van der Waals surface area contributed by atoms with E-state index in [2.05, 4.69) is 10.3 Å². The molecule has 27 heavy (non-hydrogen) atoms. The topological polar surface area (TPSA) is 67.2 Å². The second-order valence-electron chi connectivity index (χ2n) is 7.19. The van der Waals surface area contributed by atoms with Crippen molar-refractivity contribution < 1.29 is 14.0 Å². The van der Waals surface area contributed by atoms with E-state index < -0.39 is 5.82 Å². The quantitative estimate of drug-likeness (QED) is 0.902. The number of amides is 2. The van der Waals surface area contributed by atoms with E-state index in [1.165, 1.54) is 12.1 Å². The van der Waals surface area contributed by atoms with Crippen LogP contribution in [0.3, 0.4) is 0 Å². The van der Waals surface area contributed by atoms with Crippen LogP contribution in [0.4, 0.5) is 4.39 Å². The summed E-state index contributed by atoms with van der Waals surface area (Å²) in [7, 11) is 0. The SMILES string of the molecule is O=C(NC1CCN(C(=O)c2ccccc2F)CC1)c1cnc2n1CCCC2. The minimum absolute atomic E-state index is 0.0110. The molecule has 2 aliphatic heterocycles. The maximum absolute atomic E-state index is 13.8. The van der Waals surface area contributed by atoms with E-state index in [-0.39, 0.29) is 23.4 Å². The van der Waals surface area contributed by atoms with Crippen LogP contribution in [0.5, 0.6) is 0 Å². The van der Waals surface area contributed by atoms with Gasteiger partial charge < -0.3 is 14.8 Å². The molecule has 2 aromatic rings. The van der Waals surface area contributed by atoms with Crippen molar-refractivity contribution in [3.8, 4) is 0 Å². The first-order valence-electron chi connectivity index (χ1n) is 9.52. The average molecular weight is 370 g/mol. The Balaban J connectivity index is 1.34. The number of fused-ring (bicyclic) bond motifs is 1. The highest BCUT2D eigenvalue weighted by Gasteiger charge is 2.27. The minimum Gasteiger partial charge on any atom is -0.348 e. The molecule has 0 unspecified atom stereocenters. The van der Waals surface area contributed by atoms with Crippen LogP contribution >= 0.6 is 0 Å². The Bertz CT molecular complexity index is 855. The van der Waals surface area contributed by atoms with Gasteiger partial charge in [-0.2, -0.15) is 0 Å². The number of likely N-dealkylation sites (tertiary alicyclic amines) is 1. The third-order valence-electron chi connectivity index (χ3n) is 5.42. The van der Waals surface area contributed by atoms with Gasteiger partial charge in [0.1, 0.15) is 17.3 Å². The third kappa shape index (κ3) is 3.59. The number of carbonyl (C=O) groups is 2. The standard InChI is InChI=1S/C20H23FN4O2/c21-16-6-2-1-5-15(16)20(27)24-11-8-14(9-12-24)23-19(26)17-13-22-18-7-3-4-10-25(17)18/h1-2,5-6,13-14H,3-4,7-12H2,(H,23,26). The number of aryl methyl sites for hydroxylation is 1. The lowest BCUT2D eigenvalue weighted by molar-refractivity contribution is 0.0693. The van der Waals surface area contributed by atoms with E-state index in [1.54, 1.807) is 23.2 Å². The number of hydrogen-bond acceptors (Lipinski definition) is 3. The highest BCUT2D eigenvalue weighted by atomic mass is 19.1. The molecule has 0 aliphatic carbocycles. The van der Waals surface area contributed by atoms with Crippen LogP contribution in [0.2, 0.25) is 0 Å². The Hall–Kier alpha value is -2.70. The van der Waals surface area contributed by atoms with Crippen LogP contribution in [0, 0.1) is 5.82 Å². The summed E-state index contributed by atoms with van der Waals surface area (Å²) in [5.41, 5.74) is 0.723. The largest absolute Gasteiger partial charge is 0.348 e. The second-order valence-corrected chi connectivity index (χ2v) is 7.19. The van der Waals surface area contributed by atoms with Crippen molar-refractivity contribution >= 4 is 11.8 Å². The Kier molecular flexibility index (Phi) is 4.92. The predicted molar refractivity (Wildman–Crippen MR) is 98.0 cm³/mol. The number of imidazole rings is 1. The van der Waals surface area contributed by atoms with Gasteiger partial charge in [0, 0.05) is 32.1 Å². The lowest BCUT2D eigenvalue weighted by Gasteiger charge is -2.32. The van der Waals surface area contributed by atoms with Gasteiger partial charge in [0.05, 0.1) is 11.8 Å². The maximum Gasteiger partial charge on any atom is 0.269 e. The van der Waals surface area contributed by atoms with Crippen molar-refractivity contribution in [1.82, 2.24) is 19.8 Å². The van der Waals surface area contributed by atoms with E-state index in [9.17, 15) is 14.0 Å². The summed E-state index contributed by atoms with van der Waals surface area (Å²) in [6, 6.07) is 6.05. The van der Waals surface area contributed by atoms with E-state index in [1.807, 2.05) is 4.57 Å². The Morgan fingerprint density at radius 3 is 2.67 bits per heavy atom. The van der Waals surface area contributed by atoms with E-state index in [4.69, 9.17) is 0 Å². The van der Waals surface area contributed by atoms with Gasteiger partial charge in [0.25, 0.3) is 11.8 Å². The van der Waals surface area contributed by atoms with Gasteiger partial charge in [-0.3, -0.25) is 9.59 Å². The van der Waals surface area contributed by atoms with Gasteiger partial charge in [-0.15, -0.1) is 0 Å². The fourth-order valence-electron chi connectivity index (χ4n) is 3.89. The molecule has 0 bridgehead atoms. The molecule has 7 heteroatoms. The highest BCUT2D eigenvalue weighted by Crippen LogP contribution is 2.18. The van der Waals surface area contributed by atoms with Crippen molar-refractivity contribution in [2.45, 2.75) is 44.7 Å². The van der Waals surface area contributed by atoms with Crippen molar-refractivity contribution in [3.05, 3.63) is 53.4 Å². The molecule has 2 aliphatic rings. The van der Waals surface area contributed by atoms with Gasteiger partial charge >= 0.3 is 0 Å². The van der Waals surface area contributed by atoms with Crippen LogP contribution in [0.15, 0.2) is 30.5 Å². The van der Waals surface area contributed by atoms with Crippen LogP contribution in [-0.2, 0) is 13.0 Å². The number of carbonyl (C=O) groups excluding carboxylic acids is 2. The van der Waals surface area contributed by atoms with Crippen molar-refractivity contribution in [2.24, 2.45) is 0 Å². The Morgan fingerprint density at radius 2 is 1.89 bits per heavy atom. The molecular weight excluding hydrogens is 347 g/mol. The van der Waals surface area contributed by atoms with Crippen LogP contribution in [0.1, 0.15) is 52.4 Å². The Morgan fingerprint density at radius 1 is 1.11 bits per heavy atom. The lowest BCUT2D eigenvalue weighted by atomic mass is 10.0. The maximum atomic E-state index is 13.8. The number of aromatic nitrogens is 2. The molecule has 1 aromatic carbocycles. The molecule has 2 amide bonds. The van der Waals surface area contributed by atoms with Crippen molar-refractivity contribution in [2.75, 3.05) is 13.1 Å². The van der Waals surface area contributed by atoms with Crippen molar-refractivity contribution in [1.29, 1.82) is 0 Å². The summed E-state index contributed by atoms with van der Waals surface area (Å²) in [5.74, 6) is 0.0948. The number of piperidine rings is 1. The van der Waals surface area contributed by atoms with Crippen LogP contribution in [0.25, 0.3) is 0 Å². The number of hydrogen-bond donors (Lipinski definition) is 1. The average Bonchev–Trinajstić information content (AvgIpc) is 3.13. The Labute approximate surface area is 157 Å². The normalized spacial score (nSPS) is 17.4. The number of halogens is 1. The summed E-state index contributed by atoms with van der Waals surface area (Å²) in [4.78, 5) is 31.1. The van der Waals surface area contributed by atoms with Gasteiger partial charge in [-0.1, -0.05) is 12.1 Å². The van der Waals surface area contributed by atoms with Crippen LogP contribution < -0.4 is 5.32 Å². The molecule has 1 N–H and O–H groups in total. The van der Waals surface area contributed by atoms with Crippen LogP contribution in [-0.4, -0.2) is 45.4 Å². The summed E-state index contributed by atoms with van der Waals surface area (Å²) < 4.78 is 15.8. The third-order valence-corrected chi connectivity index (χ3v) is 5.42. The fourth-order valence-corrected chi connectivity index (χ4v) is 3.89. The summed E-state index contributed by atoms with van der Waals surface area (Å²) in [5, 5.41) is 3.07. The molecule has 1 aromatic heterocycles.